The van der Waals surface area contributed by atoms with E-state index in [0.29, 0.717) is 5.75 Å². The fourth-order valence-electron chi connectivity index (χ4n) is 2.30. The normalized spacial score (nSPS) is 11.0. The summed E-state index contributed by atoms with van der Waals surface area (Å²) in [6.07, 6.45) is 0. The molecule has 0 atom stereocenters. The lowest BCUT2D eigenvalue weighted by molar-refractivity contribution is 0.391. The first kappa shape index (κ1) is 14.8. The van der Waals surface area contributed by atoms with E-state index in [0.717, 1.165) is 34.5 Å². The molecule has 0 fully saturated rings. The SMILES string of the molecule is CCn1c(SCc2cc(C)no2)nnc1-c1cccc(C)c1. The van der Waals surface area contributed by atoms with E-state index in [1.54, 1.807) is 11.8 Å². The molecular weight excluding hydrogens is 296 g/mol. The fourth-order valence-corrected chi connectivity index (χ4v) is 3.18. The maximum atomic E-state index is 5.24. The van der Waals surface area contributed by atoms with Crippen LogP contribution in [0, 0.1) is 13.8 Å². The van der Waals surface area contributed by atoms with Crippen molar-refractivity contribution in [2.24, 2.45) is 0 Å². The standard InChI is InChI=1S/C16H18N4OS/c1-4-20-15(13-7-5-6-11(2)8-13)17-18-16(20)22-10-14-9-12(3)19-21-14/h5-9H,4,10H2,1-3H3. The Kier molecular flexibility index (Phi) is 4.29. The van der Waals surface area contributed by atoms with Crippen molar-refractivity contribution in [3.8, 4) is 11.4 Å². The van der Waals surface area contributed by atoms with E-state index in [1.807, 2.05) is 19.1 Å². The largest absolute Gasteiger partial charge is 0.360 e. The average molecular weight is 314 g/mol. The second-order valence-corrected chi connectivity index (χ2v) is 6.09. The predicted molar refractivity (Wildman–Crippen MR) is 86.7 cm³/mol. The second-order valence-electron chi connectivity index (χ2n) is 5.14. The molecule has 0 saturated heterocycles. The highest BCUT2D eigenvalue weighted by molar-refractivity contribution is 7.98. The molecule has 0 aliphatic heterocycles. The molecule has 0 unspecified atom stereocenters. The maximum absolute atomic E-state index is 5.24. The number of hydrogen-bond donors (Lipinski definition) is 0. The van der Waals surface area contributed by atoms with Crippen LogP contribution in [0.4, 0.5) is 0 Å². The summed E-state index contributed by atoms with van der Waals surface area (Å²) in [5.74, 6) is 2.46. The van der Waals surface area contributed by atoms with Crippen molar-refractivity contribution in [3.63, 3.8) is 0 Å². The maximum Gasteiger partial charge on any atom is 0.191 e. The zero-order chi connectivity index (χ0) is 15.5. The van der Waals surface area contributed by atoms with Crippen LogP contribution in [0.3, 0.4) is 0 Å². The first-order valence-corrected chi connectivity index (χ1v) is 8.21. The summed E-state index contributed by atoms with van der Waals surface area (Å²) >= 11 is 1.61. The van der Waals surface area contributed by atoms with Gasteiger partial charge in [0.25, 0.3) is 0 Å². The van der Waals surface area contributed by atoms with Crippen LogP contribution in [0.25, 0.3) is 11.4 Å². The molecule has 0 spiro atoms. The number of hydrogen-bond acceptors (Lipinski definition) is 5. The molecule has 0 N–H and O–H groups in total. The molecule has 2 heterocycles. The van der Waals surface area contributed by atoms with Crippen molar-refractivity contribution in [2.75, 3.05) is 0 Å². The Morgan fingerprint density at radius 2 is 2.05 bits per heavy atom. The number of thioether (sulfide) groups is 1. The van der Waals surface area contributed by atoms with Crippen LogP contribution in [0.15, 0.2) is 40.0 Å². The number of nitrogens with zero attached hydrogens (tertiary/aromatic N) is 4. The van der Waals surface area contributed by atoms with E-state index in [4.69, 9.17) is 4.52 Å². The quantitative estimate of drug-likeness (QED) is 0.669. The van der Waals surface area contributed by atoms with Crippen LogP contribution in [0.2, 0.25) is 0 Å². The Hall–Kier alpha value is -2.08. The van der Waals surface area contributed by atoms with Gasteiger partial charge in [0.05, 0.1) is 11.4 Å². The van der Waals surface area contributed by atoms with Crippen LogP contribution in [0.5, 0.6) is 0 Å². The zero-order valence-corrected chi connectivity index (χ0v) is 13.7. The van der Waals surface area contributed by atoms with Gasteiger partial charge in [-0.3, -0.25) is 0 Å². The summed E-state index contributed by atoms with van der Waals surface area (Å²) in [4.78, 5) is 0. The van der Waals surface area contributed by atoms with Crippen LogP contribution >= 0.6 is 11.8 Å². The van der Waals surface area contributed by atoms with Crippen LogP contribution in [-0.2, 0) is 12.3 Å². The van der Waals surface area contributed by atoms with Crippen LogP contribution in [0.1, 0.15) is 23.9 Å². The molecule has 5 nitrogen and oxygen atoms in total. The van der Waals surface area contributed by atoms with E-state index in [-0.39, 0.29) is 0 Å². The highest BCUT2D eigenvalue weighted by Gasteiger charge is 2.14. The van der Waals surface area contributed by atoms with E-state index >= 15 is 0 Å². The summed E-state index contributed by atoms with van der Waals surface area (Å²) in [6.45, 7) is 6.93. The lowest BCUT2D eigenvalue weighted by Crippen LogP contribution is -2.00. The number of rotatable bonds is 5. The van der Waals surface area contributed by atoms with Crippen molar-refractivity contribution in [2.45, 2.75) is 38.2 Å². The summed E-state index contributed by atoms with van der Waals surface area (Å²) in [5, 5.41) is 13.5. The molecule has 0 radical (unpaired) electrons. The fraction of sp³-hybridized carbons (Fsp3) is 0.312. The van der Waals surface area contributed by atoms with Gasteiger partial charge in [-0.1, -0.05) is 40.7 Å². The second kappa shape index (κ2) is 6.36. The Morgan fingerprint density at radius 1 is 1.18 bits per heavy atom. The van der Waals surface area contributed by atoms with Crippen LogP contribution in [-0.4, -0.2) is 19.9 Å². The van der Waals surface area contributed by atoms with E-state index in [2.05, 4.69) is 52.0 Å². The third-order valence-electron chi connectivity index (χ3n) is 3.33. The zero-order valence-electron chi connectivity index (χ0n) is 12.9. The number of benzene rings is 1. The molecule has 114 valence electrons. The molecule has 0 aliphatic carbocycles. The first-order valence-electron chi connectivity index (χ1n) is 7.22. The van der Waals surface area contributed by atoms with Gasteiger partial charge in [-0.05, 0) is 26.8 Å². The molecule has 0 amide bonds. The lowest BCUT2D eigenvalue weighted by atomic mass is 10.1. The Morgan fingerprint density at radius 3 is 2.73 bits per heavy atom. The first-order chi connectivity index (χ1) is 10.7. The molecule has 0 bridgehead atoms. The van der Waals surface area contributed by atoms with Crippen molar-refractivity contribution in [1.82, 2.24) is 19.9 Å². The highest BCUT2D eigenvalue weighted by Crippen LogP contribution is 2.26. The molecule has 22 heavy (non-hydrogen) atoms. The van der Waals surface area contributed by atoms with Gasteiger partial charge >= 0.3 is 0 Å². The Bertz CT molecular complexity index is 778. The van der Waals surface area contributed by atoms with Gasteiger partial charge < -0.3 is 9.09 Å². The molecule has 0 saturated carbocycles. The van der Waals surface area contributed by atoms with Gasteiger partial charge in [-0.25, -0.2) is 0 Å². The Labute approximate surface area is 133 Å². The Balaban J connectivity index is 1.84. The molecule has 2 aromatic heterocycles. The summed E-state index contributed by atoms with van der Waals surface area (Å²) < 4.78 is 7.37. The van der Waals surface area contributed by atoms with Crippen molar-refractivity contribution >= 4 is 11.8 Å². The highest BCUT2D eigenvalue weighted by atomic mass is 32.2. The predicted octanol–water partition coefficient (Wildman–Crippen LogP) is 3.86. The van der Waals surface area contributed by atoms with Gasteiger partial charge in [-0.15, -0.1) is 10.2 Å². The monoisotopic (exact) mass is 314 g/mol. The molecule has 6 heteroatoms. The molecular formula is C16H18N4OS. The minimum atomic E-state index is 0.701. The molecule has 3 aromatic rings. The van der Waals surface area contributed by atoms with Crippen molar-refractivity contribution < 1.29 is 4.52 Å². The van der Waals surface area contributed by atoms with E-state index in [1.165, 1.54) is 5.56 Å². The van der Waals surface area contributed by atoms with E-state index in [9.17, 15) is 0 Å². The molecule has 0 aliphatic rings. The topological polar surface area (TPSA) is 56.7 Å². The summed E-state index contributed by atoms with van der Waals surface area (Å²) in [5.41, 5.74) is 3.21. The minimum Gasteiger partial charge on any atom is -0.360 e. The number of aryl methyl sites for hydroxylation is 2. The summed E-state index contributed by atoms with van der Waals surface area (Å²) in [7, 11) is 0. The third kappa shape index (κ3) is 3.06. The van der Waals surface area contributed by atoms with Crippen molar-refractivity contribution in [1.29, 1.82) is 0 Å². The average Bonchev–Trinajstić information content (AvgIpc) is 3.10. The third-order valence-corrected chi connectivity index (χ3v) is 4.32. The lowest BCUT2D eigenvalue weighted by Gasteiger charge is -2.07. The van der Waals surface area contributed by atoms with Gasteiger partial charge in [0.1, 0.15) is 5.76 Å². The van der Waals surface area contributed by atoms with Crippen LogP contribution < -0.4 is 0 Å². The molecule has 1 aromatic carbocycles. The van der Waals surface area contributed by atoms with Crippen molar-refractivity contribution in [3.05, 3.63) is 47.3 Å². The molecule has 3 rings (SSSR count). The van der Waals surface area contributed by atoms with Gasteiger partial charge in [0, 0.05) is 18.2 Å². The van der Waals surface area contributed by atoms with Gasteiger partial charge in [0.2, 0.25) is 0 Å². The smallest absolute Gasteiger partial charge is 0.191 e. The van der Waals surface area contributed by atoms with Gasteiger partial charge in [-0.2, -0.15) is 0 Å². The van der Waals surface area contributed by atoms with Gasteiger partial charge in [0.15, 0.2) is 11.0 Å². The minimum absolute atomic E-state index is 0.701. The number of aromatic nitrogens is 4. The van der Waals surface area contributed by atoms with E-state index < -0.39 is 0 Å². The summed E-state index contributed by atoms with van der Waals surface area (Å²) in [6, 6.07) is 10.3.